The topological polar surface area (TPSA) is 109 Å². The van der Waals surface area contributed by atoms with Gasteiger partial charge in [-0.05, 0) is 148 Å². The van der Waals surface area contributed by atoms with Gasteiger partial charge in [0.25, 0.3) is 0 Å². The fourth-order valence-electron chi connectivity index (χ4n) is 14.4. The first-order valence-corrected chi connectivity index (χ1v) is 21.4. The van der Waals surface area contributed by atoms with Gasteiger partial charge < -0.3 is 10.4 Å². The van der Waals surface area contributed by atoms with E-state index in [1.807, 2.05) is 6.92 Å². The molecule has 0 saturated heterocycles. The van der Waals surface area contributed by atoms with E-state index in [4.69, 9.17) is 11.6 Å². The maximum Gasteiger partial charge on any atom is 0.306 e. The van der Waals surface area contributed by atoms with Crippen LogP contribution in [0.3, 0.4) is 0 Å². The predicted octanol–water partition coefficient (Wildman–Crippen LogP) is 9.87. The van der Waals surface area contributed by atoms with Gasteiger partial charge in [0.2, 0.25) is 0 Å². The van der Waals surface area contributed by atoms with E-state index in [9.17, 15) is 19.5 Å². The molecule has 7 rings (SSSR count). The monoisotopic (exact) mass is 747 g/mol. The van der Waals surface area contributed by atoms with Crippen LogP contribution in [0.2, 0.25) is 5.02 Å². The molecule has 2 N–H and O–H groups in total. The molecule has 0 amide bonds. The van der Waals surface area contributed by atoms with Crippen LogP contribution >= 0.6 is 11.6 Å². The van der Waals surface area contributed by atoms with Gasteiger partial charge in [-0.2, -0.15) is 0 Å². The summed E-state index contributed by atoms with van der Waals surface area (Å²) in [5.74, 6) is 3.05. The highest BCUT2D eigenvalue weighted by molar-refractivity contribution is 6.30. The molecule has 6 aliphatic rings. The van der Waals surface area contributed by atoms with E-state index < -0.39 is 11.5 Å². The number of aromatic nitrogens is 2. The third-order valence-electron chi connectivity index (χ3n) is 17.3. The molecule has 1 aromatic heterocycles. The maximum atomic E-state index is 14.0. The molecule has 7 nitrogen and oxygen atoms in total. The second-order valence-corrected chi connectivity index (χ2v) is 21.2. The first kappa shape index (κ1) is 39.1. The molecule has 292 valence electrons. The molecule has 11 unspecified atom stereocenters. The third kappa shape index (κ3) is 6.19. The van der Waals surface area contributed by atoms with Gasteiger partial charge in [-0.3, -0.25) is 14.4 Å². The van der Waals surface area contributed by atoms with Crippen molar-refractivity contribution in [3.63, 3.8) is 0 Å². The van der Waals surface area contributed by atoms with Crippen molar-refractivity contribution in [3.05, 3.63) is 34.4 Å². The number of fused-ring (bicyclic) bond motifs is 7. The van der Waals surface area contributed by atoms with E-state index in [1.165, 1.54) is 38.5 Å². The van der Waals surface area contributed by atoms with Crippen LogP contribution in [-0.4, -0.2) is 39.2 Å². The van der Waals surface area contributed by atoms with Gasteiger partial charge in [0.1, 0.15) is 11.6 Å². The lowest BCUT2D eigenvalue weighted by molar-refractivity contribution is -0.193. The number of carbonyl (C=O) groups excluding carboxylic acids is 2. The van der Waals surface area contributed by atoms with Crippen LogP contribution in [0.1, 0.15) is 145 Å². The van der Waals surface area contributed by atoms with Crippen molar-refractivity contribution >= 4 is 29.1 Å². The van der Waals surface area contributed by atoms with Crippen molar-refractivity contribution in [3.8, 4) is 0 Å². The SMILES string of the molecule is CC(C)C1=C2C3CCC4C(C)(CCC5C(C)(C)C(CC(=O)C6CC(C(=O)O)C6C)CCC54C)C3CCC2(CCNC(C)(C)c2ncc(Cl)cn2)CC1=O. The fraction of sp³-hybridized carbons (Fsp3) is 0.800. The second kappa shape index (κ2) is 13.5. The Balaban J connectivity index is 1.09. The molecule has 5 fully saturated rings. The normalized spacial score (nSPS) is 40.5. The number of carboxylic acid groups (broad SMARTS) is 1. The summed E-state index contributed by atoms with van der Waals surface area (Å²) in [6, 6.07) is 0. The van der Waals surface area contributed by atoms with Crippen LogP contribution in [0.25, 0.3) is 0 Å². The molecule has 53 heavy (non-hydrogen) atoms. The number of halogens is 1. The average Bonchev–Trinajstić information content (AvgIpc) is 3.37. The van der Waals surface area contributed by atoms with Gasteiger partial charge in [-0.25, -0.2) is 9.97 Å². The first-order chi connectivity index (χ1) is 24.8. The van der Waals surface area contributed by atoms with Crippen LogP contribution in [0.4, 0.5) is 0 Å². The number of ketones is 2. The smallest absolute Gasteiger partial charge is 0.306 e. The van der Waals surface area contributed by atoms with E-state index in [0.717, 1.165) is 37.2 Å². The van der Waals surface area contributed by atoms with Crippen LogP contribution in [0.5, 0.6) is 0 Å². The quantitative estimate of drug-likeness (QED) is 0.245. The Bertz CT molecular complexity index is 1670. The molecule has 6 aliphatic carbocycles. The highest BCUT2D eigenvalue weighted by atomic mass is 35.5. The lowest BCUT2D eigenvalue weighted by atomic mass is 9.35. The molecule has 1 heterocycles. The van der Waals surface area contributed by atoms with E-state index in [2.05, 4.69) is 70.7 Å². The zero-order chi connectivity index (χ0) is 38.5. The summed E-state index contributed by atoms with van der Waals surface area (Å²) in [6.45, 7) is 21.7. The Morgan fingerprint density at radius 3 is 2.28 bits per heavy atom. The Labute approximate surface area is 323 Å². The number of Topliss-reactive ketones (excluding diaryl/α,β-unsaturated/α-hetero) is 2. The number of carbonyl (C=O) groups is 3. The Kier molecular flexibility index (Phi) is 9.98. The van der Waals surface area contributed by atoms with Crippen molar-refractivity contribution in [2.45, 2.75) is 145 Å². The summed E-state index contributed by atoms with van der Waals surface area (Å²) in [4.78, 5) is 48.2. The average molecular weight is 748 g/mol. The minimum Gasteiger partial charge on any atom is -0.481 e. The molecule has 0 spiro atoms. The van der Waals surface area contributed by atoms with Crippen LogP contribution < -0.4 is 5.32 Å². The molecule has 1 aromatic rings. The maximum absolute atomic E-state index is 14.0. The lowest BCUT2D eigenvalue weighted by Crippen LogP contribution is -2.62. The standard InChI is InChI=1S/C45H66ClN3O4/c1-25(2)37-34(51)22-45(18-19-49-42(6,7)40-47-23-28(46)24-48-40)17-13-32-29(38(37)45)10-11-36-43(32,8)16-14-35-41(4,5)27(12-15-44(35,36)9)20-33(50)30-21-31(26(30)3)39(52)53/h23-27,29-32,35-36,49H,10-22H2,1-9H3,(H,52,53). The van der Waals surface area contributed by atoms with Crippen LogP contribution in [0.15, 0.2) is 23.5 Å². The molecule has 0 radical (unpaired) electrons. The Morgan fingerprint density at radius 1 is 0.962 bits per heavy atom. The minimum atomic E-state index is -0.753. The molecular weight excluding hydrogens is 682 g/mol. The number of allylic oxidation sites excluding steroid dienone is 2. The van der Waals surface area contributed by atoms with Crippen molar-refractivity contribution < 1.29 is 19.5 Å². The summed E-state index contributed by atoms with van der Waals surface area (Å²) >= 11 is 6.09. The molecule has 0 aromatic carbocycles. The number of rotatable bonds is 10. The summed E-state index contributed by atoms with van der Waals surface area (Å²) < 4.78 is 0. The van der Waals surface area contributed by atoms with Crippen molar-refractivity contribution in [1.82, 2.24) is 15.3 Å². The van der Waals surface area contributed by atoms with Gasteiger partial charge in [-0.1, -0.05) is 65.6 Å². The summed E-state index contributed by atoms with van der Waals surface area (Å²) in [5, 5.41) is 13.8. The van der Waals surface area contributed by atoms with Crippen molar-refractivity contribution in [2.24, 2.45) is 74.9 Å². The van der Waals surface area contributed by atoms with E-state index in [0.29, 0.717) is 65.4 Å². The number of aliphatic carboxylic acids is 1. The third-order valence-corrected chi connectivity index (χ3v) is 17.5. The second-order valence-electron chi connectivity index (χ2n) is 20.7. The fourth-order valence-corrected chi connectivity index (χ4v) is 14.5. The zero-order valence-electron chi connectivity index (χ0n) is 34.0. The van der Waals surface area contributed by atoms with Crippen molar-refractivity contribution in [1.29, 1.82) is 0 Å². The van der Waals surface area contributed by atoms with E-state index in [1.54, 1.807) is 18.0 Å². The summed E-state index contributed by atoms with van der Waals surface area (Å²) in [5.41, 5.74) is 2.74. The van der Waals surface area contributed by atoms with Crippen LogP contribution in [0, 0.1) is 74.9 Å². The van der Waals surface area contributed by atoms with Gasteiger partial charge in [0.15, 0.2) is 5.78 Å². The number of nitrogens with zero attached hydrogens (tertiary/aromatic N) is 2. The molecular formula is C45H66ClN3O4. The summed E-state index contributed by atoms with van der Waals surface area (Å²) in [6.07, 6.45) is 15.4. The molecule has 8 heteroatoms. The minimum absolute atomic E-state index is 0.0506. The predicted molar refractivity (Wildman–Crippen MR) is 209 cm³/mol. The number of nitrogens with one attached hydrogen (secondary N) is 1. The van der Waals surface area contributed by atoms with Gasteiger partial charge >= 0.3 is 5.97 Å². The molecule has 0 bridgehead atoms. The molecule has 0 aliphatic heterocycles. The number of hydrogen-bond donors (Lipinski definition) is 2. The highest BCUT2D eigenvalue weighted by Crippen LogP contribution is 2.74. The number of carboxylic acids is 1. The zero-order valence-corrected chi connectivity index (χ0v) is 34.7. The first-order valence-electron chi connectivity index (χ1n) is 21.0. The lowest BCUT2D eigenvalue weighted by Gasteiger charge is -2.69. The van der Waals surface area contributed by atoms with Crippen molar-refractivity contribution in [2.75, 3.05) is 6.54 Å². The van der Waals surface area contributed by atoms with Gasteiger partial charge in [-0.15, -0.1) is 0 Å². The van der Waals surface area contributed by atoms with Gasteiger partial charge in [0.05, 0.1) is 16.5 Å². The van der Waals surface area contributed by atoms with E-state index in [-0.39, 0.29) is 45.3 Å². The number of hydrogen-bond acceptors (Lipinski definition) is 6. The largest absolute Gasteiger partial charge is 0.481 e. The Morgan fingerprint density at radius 2 is 1.64 bits per heavy atom. The van der Waals surface area contributed by atoms with Gasteiger partial charge in [0, 0.05) is 36.6 Å². The summed E-state index contributed by atoms with van der Waals surface area (Å²) in [7, 11) is 0. The Hall–Kier alpha value is -2.12. The molecule has 11 atom stereocenters. The molecule has 5 saturated carbocycles. The van der Waals surface area contributed by atoms with Crippen LogP contribution in [-0.2, 0) is 19.9 Å². The highest BCUT2D eigenvalue weighted by Gasteiger charge is 2.66. The van der Waals surface area contributed by atoms with E-state index >= 15 is 0 Å².